The number of nitrogens with one attached hydrogen (secondary N) is 1. The summed E-state index contributed by atoms with van der Waals surface area (Å²) in [5.41, 5.74) is 2.15. The number of hydrogen-bond donors (Lipinski definition) is 1. The molecule has 0 aliphatic heterocycles. The number of nitriles is 1. The highest BCUT2D eigenvalue weighted by Gasteiger charge is 2.10. The van der Waals surface area contributed by atoms with E-state index in [1.54, 1.807) is 18.3 Å². The highest BCUT2D eigenvalue weighted by molar-refractivity contribution is 6.05. The lowest BCUT2D eigenvalue weighted by molar-refractivity contribution is 0.102. The molecular weight excluding hydrogens is 283 g/mol. The zero-order valence-electron chi connectivity index (χ0n) is 11.7. The van der Waals surface area contributed by atoms with E-state index in [0.717, 1.165) is 17.0 Å². The van der Waals surface area contributed by atoms with Crippen LogP contribution in [0.25, 0.3) is 10.9 Å². The van der Waals surface area contributed by atoms with Gasteiger partial charge in [-0.3, -0.25) is 4.79 Å². The van der Waals surface area contributed by atoms with E-state index < -0.39 is 11.9 Å². The molecule has 22 heavy (non-hydrogen) atoms. The minimum atomic E-state index is -0.710. The normalized spacial score (nSPS) is 10.4. The van der Waals surface area contributed by atoms with Gasteiger partial charge in [-0.05, 0) is 24.3 Å². The molecule has 0 bridgehead atoms. The fraction of sp³-hybridized carbons (Fsp3) is 0.0625. The summed E-state index contributed by atoms with van der Waals surface area (Å²) < 4.78 is 14.9. The molecule has 2 aromatic heterocycles. The first-order chi connectivity index (χ1) is 10.6. The van der Waals surface area contributed by atoms with E-state index in [1.165, 1.54) is 12.3 Å². The molecule has 0 aliphatic carbocycles. The number of amides is 1. The molecule has 0 saturated heterocycles. The van der Waals surface area contributed by atoms with Crippen molar-refractivity contribution >= 4 is 22.5 Å². The van der Waals surface area contributed by atoms with E-state index in [4.69, 9.17) is 5.26 Å². The number of aryl methyl sites for hydroxylation is 1. The topological polar surface area (TPSA) is 70.7 Å². The highest BCUT2D eigenvalue weighted by atomic mass is 19.1. The van der Waals surface area contributed by atoms with Crippen LogP contribution in [0, 0.1) is 17.3 Å². The third kappa shape index (κ3) is 2.40. The number of pyridine rings is 1. The second kappa shape index (κ2) is 5.30. The van der Waals surface area contributed by atoms with E-state index in [1.807, 2.05) is 17.7 Å². The smallest absolute Gasteiger partial charge is 0.255 e. The van der Waals surface area contributed by atoms with Crippen molar-refractivity contribution in [2.45, 2.75) is 0 Å². The van der Waals surface area contributed by atoms with Crippen molar-refractivity contribution in [1.82, 2.24) is 9.55 Å². The molecule has 0 unspecified atom stereocenters. The van der Waals surface area contributed by atoms with Crippen LogP contribution in [-0.2, 0) is 7.05 Å². The molecule has 0 spiro atoms. The molecule has 2 heterocycles. The Morgan fingerprint density at radius 1 is 1.36 bits per heavy atom. The highest BCUT2D eigenvalue weighted by Crippen LogP contribution is 2.24. The summed E-state index contributed by atoms with van der Waals surface area (Å²) in [6.07, 6.45) is 2.97. The Labute approximate surface area is 125 Å². The molecule has 5 nitrogen and oxygen atoms in total. The first-order valence-electron chi connectivity index (χ1n) is 6.50. The van der Waals surface area contributed by atoms with Crippen LogP contribution in [0.5, 0.6) is 0 Å². The number of carbonyl (C=O) groups is 1. The van der Waals surface area contributed by atoms with E-state index in [-0.39, 0.29) is 5.56 Å². The quantitative estimate of drug-likeness (QED) is 0.739. The van der Waals surface area contributed by atoms with Gasteiger partial charge in [-0.1, -0.05) is 0 Å². The summed E-state index contributed by atoms with van der Waals surface area (Å²) in [6, 6.07) is 9.90. The molecule has 1 amide bonds. The maximum absolute atomic E-state index is 13.0. The summed E-state index contributed by atoms with van der Waals surface area (Å²) in [5, 5.41) is 12.6. The molecule has 0 radical (unpaired) electrons. The number of nitrogens with zero attached hydrogens (tertiary/aromatic N) is 3. The van der Waals surface area contributed by atoms with Gasteiger partial charge in [-0.25, -0.2) is 4.98 Å². The molecular formula is C16H11FN4O. The number of hydrogen-bond acceptors (Lipinski definition) is 3. The van der Waals surface area contributed by atoms with Gasteiger partial charge in [-0.2, -0.15) is 9.65 Å². The van der Waals surface area contributed by atoms with Gasteiger partial charge in [0, 0.05) is 47.7 Å². The molecule has 6 heteroatoms. The van der Waals surface area contributed by atoms with Crippen molar-refractivity contribution in [3.8, 4) is 6.07 Å². The van der Waals surface area contributed by atoms with Gasteiger partial charge in [0.15, 0.2) is 0 Å². The van der Waals surface area contributed by atoms with Crippen LogP contribution in [0.3, 0.4) is 0 Å². The SMILES string of the molecule is Cn1cc(C#N)c2cc(NC(=O)c3ccnc(F)c3)ccc21. The molecule has 108 valence electrons. The van der Waals surface area contributed by atoms with Gasteiger partial charge >= 0.3 is 0 Å². The van der Waals surface area contributed by atoms with Crippen molar-refractivity contribution in [3.63, 3.8) is 0 Å². The van der Waals surface area contributed by atoms with Crippen molar-refractivity contribution in [3.05, 3.63) is 59.8 Å². The van der Waals surface area contributed by atoms with Crippen molar-refractivity contribution in [2.24, 2.45) is 7.05 Å². The van der Waals surface area contributed by atoms with E-state index in [9.17, 15) is 9.18 Å². The first kappa shape index (κ1) is 13.8. The van der Waals surface area contributed by atoms with Crippen molar-refractivity contribution < 1.29 is 9.18 Å². The Morgan fingerprint density at radius 2 is 2.18 bits per heavy atom. The summed E-state index contributed by atoms with van der Waals surface area (Å²) in [6.45, 7) is 0. The largest absolute Gasteiger partial charge is 0.349 e. The number of carbonyl (C=O) groups excluding carboxylic acids is 1. The molecule has 3 aromatic rings. The minimum absolute atomic E-state index is 0.182. The fourth-order valence-corrected chi connectivity index (χ4v) is 2.31. The summed E-state index contributed by atoms with van der Waals surface area (Å²) in [7, 11) is 1.85. The maximum atomic E-state index is 13.0. The monoisotopic (exact) mass is 294 g/mol. The van der Waals surface area contributed by atoms with Crippen LogP contribution in [0.1, 0.15) is 15.9 Å². The molecule has 1 N–H and O–H groups in total. The summed E-state index contributed by atoms with van der Waals surface area (Å²) in [4.78, 5) is 15.5. The Kier molecular flexibility index (Phi) is 3.31. The zero-order chi connectivity index (χ0) is 15.7. The molecule has 0 atom stereocenters. The van der Waals surface area contributed by atoms with Crippen molar-refractivity contribution in [2.75, 3.05) is 5.32 Å². The van der Waals surface area contributed by atoms with Crippen LogP contribution < -0.4 is 5.32 Å². The number of anilines is 1. The second-order valence-electron chi connectivity index (χ2n) is 4.82. The lowest BCUT2D eigenvalue weighted by Gasteiger charge is -2.06. The van der Waals surface area contributed by atoms with E-state index >= 15 is 0 Å². The zero-order valence-corrected chi connectivity index (χ0v) is 11.7. The number of rotatable bonds is 2. The van der Waals surface area contributed by atoms with Crippen LogP contribution in [-0.4, -0.2) is 15.5 Å². The standard InChI is InChI=1S/C16H11FN4O/c1-21-9-11(8-18)13-7-12(2-3-14(13)21)20-16(22)10-4-5-19-15(17)6-10/h2-7,9H,1H3,(H,20,22). The number of aromatic nitrogens is 2. The minimum Gasteiger partial charge on any atom is -0.349 e. The van der Waals surface area contributed by atoms with Gasteiger partial charge < -0.3 is 9.88 Å². The predicted molar refractivity (Wildman–Crippen MR) is 79.8 cm³/mol. The molecule has 0 fully saturated rings. The molecule has 0 aliphatic rings. The Balaban J connectivity index is 1.94. The third-order valence-electron chi connectivity index (χ3n) is 3.36. The van der Waals surface area contributed by atoms with Crippen molar-refractivity contribution in [1.29, 1.82) is 5.26 Å². The first-order valence-corrected chi connectivity index (χ1v) is 6.50. The van der Waals surface area contributed by atoms with Gasteiger partial charge in [0.25, 0.3) is 5.91 Å². The molecule has 3 rings (SSSR count). The lowest BCUT2D eigenvalue weighted by Crippen LogP contribution is -2.12. The second-order valence-corrected chi connectivity index (χ2v) is 4.82. The summed E-state index contributed by atoms with van der Waals surface area (Å²) in [5.74, 6) is -1.15. The Morgan fingerprint density at radius 3 is 2.91 bits per heavy atom. The Bertz CT molecular complexity index is 924. The number of halogens is 1. The third-order valence-corrected chi connectivity index (χ3v) is 3.36. The summed E-state index contributed by atoms with van der Waals surface area (Å²) >= 11 is 0. The van der Waals surface area contributed by atoms with Gasteiger partial charge in [-0.15, -0.1) is 0 Å². The Hall–Kier alpha value is -3.20. The van der Waals surface area contributed by atoms with Crippen LogP contribution in [0.4, 0.5) is 10.1 Å². The van der Waals surface area contributed by atoms with E-state index in [0.29, 0.717) is 11.3 Å². The molecule has 0 saturated carbocycles. The van der Waals surface area contributed by atoms with Crippen LogP contribution >= 0.6 is 0 Å². The average Bonchev–Trinajstić information content (AvgIpc) is 2.83. The number of fused-ring (bicyclic) bond motifs is 1. The predicted octanol–water partition coefficient (Wildman–Crippen LogP) is 2.84. The van der Waals surface area contributed by atoms with Crippen LogP contribution in [0.15, 0.2) is 42.7 Å². The number of benzene rings is 1. The fourth-order valence-electron chi connectivity index (χ4n) is 2.31. The average molecular weight is 294 g/mol. The molecule has 1 aromatic carbocycles. The maximum Gasteiger partial charge on any atom is 0.255 e. The van der Waals surface area contributed by atoms with E-state index in [2.05, 4.69) is 16.4 Å². The van der Waals surface area contributed by atoms with Gasteiger partial charge in [0.05, 0.1) is 5.56 Å². The van der Waals surface area contributed by atoms with Gasteiger partial charge in [0.2, 0.25) is 5.95 Å². The van der Waals surface area contributed by atoms with Crippen LogP contribution in [0.2, 0.25) is 0 Å². The van der Waals surface area contributed by atoms with Gasteiger partial charge in [0.1, 0.15) is 6.07 Å². The lowest BCUT2D eigenvalue weighted by atomic mass is 10.1.